The molecule has 0 aliphatic rings. The number of para-hydroxylation sites is 3. The first-order valence-electron chi connectivity index (χ1n) is 8.55. The Labute approximate surface area is 171 Å². The summed E-state index contributed by atoms with van der Waals surface area (Å²) in [4.78, 5) is 12.3. The second kappa shape index (κ2) is 10.6. The number of methoxy groups -OCH3 is 1. The molecule has 2 aromatic carbocycles. The Morgan fingerprint density at radius 2 is 1.89 bits per heavy atom. The third-order valence-electron chi connectivity index (χ3n) is 3.45. The van der Waals surface area contributed by atoms with E-state index in [1.165, 1.54) is 23.1 Å². The number of aromatic nitrogens is 2. The van der Waals surface area contributed by atoms with Gasteiger partial charge in [-0.25, -0.2) is 0 Å². The minimum atomic E-state index is -0.141. The Morgan fingerprint density at radius 3 is 2.71 bits per heavy atom. The summed E-state index contributed by atoms with van der Waals surface area (Å²) in [6.45, 7) is 1.25. The van der Waals surface area contributed by atoms with E-state index in [0.29, 0.717) is 35.5 Å². The van der Waals surface area contributed by atoms with E-state index in [9.17, 15) is 4.79 Å². The topological polar surface area (TPSA) is 85.4 Å². The fourth-order valence-corrected chi connectivity index (χ4v) is 3.77. The van der Waals surface area contributed by atoms with Gasteiger partial charge >= 0.3 is 0 Å². The van der Waals surface area contributed by atoms with Crippen molar-refractivity contribution in [1.82, 2.24) is 10.2 Å². The summed E-state index contributed by atoms with van der Waals surface area (Å²) in [5.74, 6) is 1.39. The minimum Gasteiger partial charge on any atom is -0.455 e. The summed E-state index contributed by atoms with van der Waals surface area (Å²) in [7, 11) is 1.64. The largest absolute Gasteiger partial charge is 0.455 e. The Balaban J connectivity index is 1.52. The number of ether oxygens (including phenoxy) is 2. The van der Waals surface area contributed by atoms with Crippen molar-refractivity contribution in [3.8, 4) is 11.5 Å². The van der Waals surface area contributed by atoms with Crippen molar-refractivity contribution in [2.45, 2.75) is 4.34 Å². The maximum Gasteiger partial charge on any atom is 0.234 e. The van der Waals surface area contributed by atoms with Crippen LogP contribution < -0.4 is 15.4 Å². The first kappa shape index (κ1) is 20.1. The van der Waals surface area contributed by atoms with E-state index in [4.69, 9.17) is 9.47 Å². The van der Waals surface area contributed by atoms with Gasteiger partial charge < -0.3 is 20.1 Å². The van der Waals surface area contributed by atoms with E-state index in [0.717, 1.165) is 4.34 Å². The zero-order valence-electron chi connectivity index (χ0n) is 15.3. The fraction of sp³-hybridized carbons (Fsp3) is 0.211. The molecule has 9 heteroatoms. The smallest absolute Gasteiger partial charge is 0.234 e. The van der Waals surface area contributed by atoms with Gasteiger partial charge in [-0.3, -0.25) is 4.79 Å². The van der Waals surface area contributed by atoms with E-state index in [1.54, 1.807) is 7.11 Å². The number of carbonyl (C=O) groups is 1. The van der Waals surface area contributed by atoms with Crippen LogP contribution in [0.2, 0.25) is 0 Å². The first-order valence-corrected chi connectivity index (χ1v) is 10.4. The van der Waals surface area contributed by atoms with Crippen LogP contribution >= 0.6 is 23.1 Å². The highest BCUT2D eigenvalue weighted by Crippen LogP contribution is 2.30. The van der Waals surface area contributed by atoms with Crippen LogP contribution in [0, 0.1) is 0 Å². The number of anilines is 2. The number of nitrogens with zero attached hydrogens (tertiary/aromatic N) is 2. The van der Waals surface area contributed by atoms with Crippen molar-refractivity contribution >= 4 is 39.8 Å². The lowest BCUT2D eigenvalue weighted by Gasteiger charge is -2.11. The number of benzene rings is 2. The monoisotopic (exact) mass is 416 g/mol. The number of rotatable bonds is 10. The molecule has 0 aliphatic carbocycles. The molecule has 1 heterocycles. The summed E-state index contributed by atoms with van der Waals surface area (Å²) in [5.41, 5.74) is 0.621. The average molecular weight is 417 g/mol. The second-order valence-electron chi connectivity index (χ2n) is 5.54. The van der Waals surface area contributed by atoms with Crippen LogP contribution in [-0.4, -0.2) is 42.1 Å². The number of carbonyl (C=O) groups excluding carboxylic acids is 1. The number of hydrogen-bond acceptors (Lipinski definition) is 8. The molecule has 3 aromatic rings. The quantitative estimate of drug-likeness (QED) is 0.380. The lowest BCUT2D eigenvalue weighted by atomic mass is 10.3. The second-order valence-corrected chi connectivity index (χ2v) is 7.74. The number of amides is 1. The van der Waals surface area contributed by atoms with E-state index in [1.807, 2.05) is 54.6 Å². The molecule has 0 atom stereocenters. The van der Waals surface area contributed by atoms with Gasteiger partial charge in [-0.1, -0.05) is 53.4 Å². The third-order valence-corrected chi connectivity index (χ3v) is 5.46. The molecule has 3 rings (SSSR count). The van der Waals surface area contributed by atoms with Crippen molar-refractivity contribution in [3.05, 3.63) is 54.6 Å². The zero-order valence-corrected chi connectivity index (χ0v) is 16.9. The molecule has 0 saturated carbocycles. The molecule has 0 spiro atoms. The minimum absolute atomic E-state index is 0.141. The first-order chi connectivity index (χ1) is 13.7. The molecule has 7 nitrogen and oxygen atoms in total. The van der Waals surface area contributed by atoms with Gasteiger partial charge in [0.15, 0.2) is 10.1 Å². The average Bonchev–Trinajstić information content (AvgIpc) is 3.17. The van der Waals surface area contributed by atoms with Gasteiger partial charge in [0.2, 0.25) is 11.0 Å². The van der Waals surface area contributed by atoms with Crippen molar-refractivity contribution < 1.29 is 14.3 Å². The van der Waals surface area contributed by atoms with Crippen molar-refractivity contribution in [2.75, 3.05) is 36.6 Å². The molecule has 0 aliphatic heterocycles. The molecule has 0 radical (unpaired) electrons. The number of thioether (sulfide) groups is 1. The Kier molecular flexibility index (Phi) is 7.65. The summed E-state index contributed by atoms with van der Waals surface area (Å²) in [6.07, 6.45) is 0. The Hall–Kier alpha value is -2.62. The Morgan fingerprint density at radius 1 is 1.11 bits per heavy atom. The Bertz CT molecular complexity index is 890. The lowest BCUT2D eigenvalue weighted by molar-refractivity contribution is -0.113. The van der Waals surface area contributed by atoms with Gasteiger partial charge in [0, 0.05) is 13.7 Å². The normalized spacial score (nSPS) is 10.5. The zero-order chi connectivity index (χ0) is 19.6. The molecule has 0 saturated heterocycles. The standard InChI is InChI=1S/C19H20N4O3S2/c1-25-12-11-20-18-22-23-19(28-18)27-13-17(24)21-15-9-5-6-10-16(15)26-14-7-3-2-4-8-14/h2-10H,11-13H2,1H3,(H,20,22)(H,21,24). The molecule has 1 aromatic heterocycles. The van der Waals surface area contributed by atoms with Crippen molar-refractivity contribution in [2.24, 2.45) is 0 Å². The van der Waals surface area contributed by atoms with Crippen molar-refractivity contribution in [1.29, 1.82) is 0 Å². The van der Waals surface area contributed by atoms with Gasteiger partial charge in [-0.2, -0.15) is 0 Å². The molecule has 28 heavy (non-hydrogen) atoms. The predicted molar refractivity (Wildman–Crippen MR) is 113 cm³/mol. The highest BCUT2D eigenvalue weighted by Gasteiger charge is 2.11. The van der Waals surface area contributed by atoms with Crippen molar-refractivity contribution in [3.63, 3.8) is 0 Å². The highest BCUT2D eigenvalue weighted by atomic mass is 32.2. The summed E-state index contributed by atoms with van der Waals surface area (Å²) in [5, 5.41) is 14.8. The number of nitrogens with one attached hydrogen (secondary N) is 2. The van der Waals surface area contributed by atoms with E-state index in [2.05, 4.69) is 20.8 Å². The lowest BCUT2D eigenvalue weighted by Crippen LogP contribution is -2.14. The van der Waals surface area contributed by atoms with Crippen LogP contribution in [0.5, 0.6) is 11.5 Å². The van der Waals surface area contributed by atoms with Crippen LogP contribution in [0.1, 0.15) is 0 Å². The van der Waals surface area contributed by atoms with Crippen LogP contribution in [0.25, 0.3) is 0 Å². The molecular formula is C19H20N4O3S2. The molecular weight excluding hydrogens is 396 g/mol. The maximum absolute atomic E-state index is 12.3. The van der Waals surface area contributed by atoms with E-state index >= 15 is 0 Å². The molecule has 0 fully saturated rings. The van der Waals surface area contributed by atoms with Crippen LogP contribution in [0.3, 0.4) is 0 Å². The summed E-state index contributed by atoms with van der Waals surface area (Å²) < 4.78 is 11.6. The molecule has 146 valence electrons. The molecule has 0 unspecified atom stereocenters. The van der Waals surface area contributed by atoms with E-state index < -0.39 is 0 Å². The van der Waals surface area contributed by atoms with Gasteiger partial charge in [0.1, 0.15) is 5.75 Å². The summed E-state index contributed by atoms with van der Waals surface area (Å²) in [6, 6.07) is 16.8. The van der Waals surface area contributed by atoms with Gasteiger partial charge in [0.05, 0.1) is 18.0 Å². The predicted octanol–water partition coefficient (Wildman–Crippen LogP) is 4.12. The van der Waals surface area contributed by atoms with Crippen LogP contribution in [-0.2, 0) is 9.53 Å². The number of hydrogen-bond donors (Lipinski definition) is 2. The summed E-state index contributed by atoms with van der Waals surface area (Å²) >= 11 is 2.74. The van der Waals surface area contributed by atoms with Gasteiger partial charge in [-0.15, -0.1) is 10.2 Å². The van der Waals surface area contributed by atoms with Crippen LogP contribution in [0.15, 0.2) is 58.9 Å². The van der Waals surface area contributed by atoms with Gasteiger partial charge in [0.25, 0.3) is 0 Å². The third kappa shape index (κ3) is 6.22. The molecule has 0 bridgehead atoms. The van der Waals surface area contributed by atoms with Gasteiger partial charge in [-0.05, 0) is 24.3 Å². The maximum atomic E-state index is 12.3. The highest BCUT2D eigenvalue weighted by molar-refractivity contribution is 8.01. The molecule has 1 amide bonds. The SMILES string of the molecule is COCCNc1nnc(SCC(=O)Nc2ccccc2Oc2ccccc2)s1. The van der Waals surface area contributed by atoms with E-state index in [-0.39, 0.29) is 11.7 Å². The fourth-order valence-electron chi connectivity index (χ4n) is 2.19. The van der Waals surface area contributed by atoms with Crippen LogP contribution in [0.4, 0.5) is 10.8 Å². The molecule has 2 N–H and O–H groups in total.